The predicted octanol–water partition coefficient (Wildman–Crippen LogP) is 3.15. The predicted molar refractivity (Wildman–Crippen MR) is 78.9 cm³/mol. The van der Waals surface area contributed by atoms with Crippen molar-refractivity contribution >= 4 is 0 Å². The topological polar surface area (TPSA) is 29.9 Å². The van der Waals surface area contributed by atoms with Crippen molar-refractivity contribution in [1.29, 1.82) is 0 Å². The zero-order chi connectivity index (χ0) is 14.4. The Morgan fingerprint density at radius 1 is 1.30 bits per heavy atom. The van der Waals surface area contributed by atoms with Gasteiger partial charge in [0.25, 0.3) is 0 Å². The van der Waals surface area contributed by atoms with Gasteiger partial charge in [0.05, 0.1) is 6.54 Å². The normalized spacial score (nSPS) is 12.6. The molecule has 0 saturated carbocycles. The molecule has 108 valence electrons. The van der Waals surface area contributed by atoms with E-state index in [1.165, 1.54) is 12.1 Å². The molecular weight excluding hydrogens is 253 g/mol. The summed E-state index contributed by atoms with van der Waals surface area (Å²) < 4.78 is 15.0. The van der Waals surface area contributed by atoms with Crippen LogP contribution in [0.25, 0.3) is 0 Å². The molecule has 2 aromatic rings. The Morgan fingerprint density at radius 3 is 2.75 bits per heavy atom. The van der Waals surface area contributed by atoms with Gasteiger partial charge in [-0.3, -0.25) is 0 Å². The molecule has 0 spiro atoms. The van der Waals surface area contributed by atoms with Crippen LogP contribution in [0.15, 0.2) is 36.7 Å². The van der Waals surface area contributed by atoms with Crippen LogP contribution in [-0.2, 0) is 19.5 Å². The zero-order valence-corrected chi connectivity index (χ0v) is 12.1. The molecule has 0 bridgehead atoms. The number of benzene rings is 1. The standard InChI is InChI=1S/C16H22FN3/c1-3-9-20-10-8-18-16(20)12-19-13(2)11-14-4-6-15(17)7-5-14/h4-8,10,13,19H,3,9,11-12H2,1-2H3. The van der Waals surface area contributed by atoms with Crippen molar-refractivity contribution in [2.24, 2.45) is 0 Å². The SMILES string of the molecule is CCCn1ccnc1CNC(C)Cc1ccc(F)cc1. The molecular formula is C16H22FN3. The van der Waals surface area contributed by atoms with Crippen LogP contribution < -0.4 is 5.32 Å². The fourth-order valence-corrected chi connectivity index (χ4v) is 2.26. The summed E-state index contributed by atoms with van der Waals surface area (Å²) in [6, 6.07) is 7.02. The van der Waals surface area contributed by atoms with Gasteiger partial charge in [0.1, 0.15) is 11.6 Å². The van der Waals surface area contributed by atoms with E-state index in [1.54, 1.807) is 0 Å². The number of hydrogen-bond donors (Lipinski definition) is 1. The van der Waals surface area contributed by atoms with Gasteiger partial charge in [0.2, 0.25) is 0 Å². The summed E-state index contributed by atoms with van der Waals surface area (Å²) in [6.07, 6.45) is 5.85. The van der Waals surface area contributed by atoms with Gasteiger partial charge in [-0.25, -0.2) is 9.37 Å². The molecule has 1 aromatic carbocycles. The van der Waals surface area contributed by atoms with Crippen LogP contribution >= 0.6 is 0 Å². The molecule has 2 rings (SSSR count). The minimum atomic E-state index is -0.184. The monoisotopic (exact) mass is 275 g/mol. The summed E-state index contributed by atoms with van der Waals surface area (Å²) in [7, 11) is 0. The van der Waals surface area contributed by atoms with E-state index >= 15 is 0 Å². The van der Waals surface area contributed by atoms with Gasteiger partial charge >= 0.3 is 0 Å². The van der Waals surface area contributed by atoms with Crippen LogP contribution in [-0.4, -0.2) is 15.6 Å². The first-order valence-electron chi connectivity index (χ1n) is 7.17. The molecule has 0 fully saturated rings. The molecule has 0 radical (unpaired) electrons. The van der Waals surface area contributed by atoms with Crippen molar-refractivity contribution in [1.82, 2.24) is 14.9 Å². The molecule has 20 heavy (non-hydrogen) atoms. The summed E-state index contributed by atoms with van der Waals surface area (Å²) >= 11 is 0. The maximum Gasteiger partial charge on any atom is 0.123 e. The number of nitrogens with one attached hydrogen (secondary N) is 1. The van der Waals surface area contributed by atoms with Gasteiger partial charge in [-0.15, -0.1) is 0 Å². The van der Waals surface area contributed by atoms with Crippen LogP contribution in [0.5, 0.6) is 0 Å². The van der Waals surface area contributed by atoms with E-state index in [4.69, 9.17) is 0 Å². The summed E-state index contributed by atoms with van der Waals surface area (Å²) in [6.45, 7) is 6.06. The van der Waals surface area contributed by atoms with Gasteiger partial charge in [0.15, 0.2) is 0 Å². The first kappa shape index (κ1) is 14.7. The average Bonchev–Trinajstić information content (AvgIpc) is 2.87. The third-order valence-corrected chi connectivity index (χ3v) is 3.33. The Morgan fingerprint density at radius 2 is 2.05 bits per heavy atom. The zero-order valence-electron chi connectivity index (χ0n) is 12.1. The smallest absolute Gasteiger partial charge is 0.123 e. The molecule has 0 aliphatic heterocycles. The maximum absolute atomic E-state index is 12.8. The van der Waals surface area contributed by atoms with E-state index < -0.39 is 0 Å². The summed E-state index contributed by atoms with van der Waals surface area (Å²) in [5, 5.41) is 3.47. The first-order valence-corrected chi connectivity index (χ1v) is 7.17. The molecule has 0 aliphatic rings. The molecule has 1 unspecified atom stereocenters. The van der Waals surface area contributed by atoms with Gasteiger partial charge in [-0.05, 0) is 37.5 Å². The highest BCUT2D eigenvalue weighted by atomic mass is 19.1. The highest BCUT2D eigenvalue weighted by molar-refractivity contribution is 5.17. The average molecular weight is 275 g/mol. The minimum Gasteiger partial charge on any atom is -0.334 e. The Kier molecular flexibility index (Phi) is 5.30. The molecule has 1 aromatic heterocycles. The molecule has 1 heterocycles. The number of nitrogens with zero attached hydrogens (tertiary/aromatic N) is 2. The number of aryl methyl sites for hydroxylation is 1. The quantitative estimate of drug-likeness (QED) is 0.841. The Bertz CT molecular complexity index is 519. The third kappa shape index (κ3) is 4.17. The number of imidazole rings is 1. The molecule has 0 saturated heterocycles. The van der Waals surface area contributed by atoms with Crippen molar-refractivity contribution in [3.63, 3.8) is 0 Å². The molecule has 0 amide bonds. The number of hydrogen-bond acceptors (Lipinski definition) is 2. The van der Waals surface area contributed by atoms with E-state index in [1.807, 2.05) is 24.5 Å². The molecule has 1 atom stereocenters. The lowest BCUT2D eigenvalue weighted by Gasteiger charge is -2.14. The molecule has 1 N–H and O–H groups in total. The van der Waals surface area contributed by atoms with Crippen molar-refractivity contribution in [2.45, 2.75) is 45.8 Å². The highest BCUT2D eigenvalue weighted by Gasteiger charge is 2.06. The summed E-state index contributed by atoms with van der Waals surface area (Å²) in [5.41, 5.74) is 1.14. The lowest BCUT2D eigenvalue weighted by molar-refractivity contribution is 0.513. The van der Waals surface area contributed by atoms with E-state index in [0.29, 0.717) is 6.04 Å². The van der Waals surface area contributed by atoms with Crippen LogP contribution in [0.4, 0.5) is 4.39 Å². The lowest BCUT2D eigenvalue weighted by Crippen LogP contribution is -2.28. The van der Waals surface area contributed by atoms with E-state index in [0.717, 1.165) is 37.3 Å². The second-order valence-electron chi connectivity index (χ2n) is 5.15. The Hall–Kier alpha value is -1.68. The Balaban J connectivity index is 1.84. The number of halogens is 1. The van der Waals surface area contributed by atoms with Crippen molar-refractivity contribution < 1.29 is 4.39 Å². The van der Waals surface area contributed by atoms with E-state index in [9.17, 15) is 4.39 Å². The van der Waals surface area contributed by atoms with E-state index in [-0.39, 0.29) is 5.82 Å². The van der Waals surface area contributed by atoms with Crippen molar-refractivity contribution in [3.8, 4) is 0 Å². The van der Waals surface area contributed by atoms with Crippen LogP contribution in [0.3, 0.4) is 0 Å². The lowest BCUT2D eigenvalue weighted by atomic mass is 10.1. The van der Waals surface area contributed by atoms with Gasteiger partial charge < -0.3 is 9.88 Å². The molecule has 3 nitrogen and oxygen atoms in total. The van der Waals surface area contributed by atoms with E-state index in [2.05, 4.69) is 28.7 Å². The second kappa shape index (κ2) is 7.20. The van der Waals surface area contributed by atoms with Crippen LogP contribution in [0, 0.1) is 5.82 Å². The molecule has 0 aliphatic carbocycles. The first-order chi connectivity index (χ1) is 9.69. The number of aromatic nitrogens is 2. The highest BCUT2D eigenvalue weighted by Crippen LogP contribution is 2.06. The number of rotatable bonds is 7. The van der Waals surface area contributed by atoms with Crippen LogP contribution in [0.1, 0.15) is 31.7 Å². The fourth-order valence-electron chi connectivity index (χ4n) is 2.26. The molecule has 4 heteroatoms. The van der Waals surface area contributed by atoms with Gasteiger partial charge in [-0.1, -0.05) is 19.1 Å². The van der Waals surface area contributed by atoms with Gasteiger partial charge in [-0.2, -0.15) is 0 Å². The van der Waals surface area contributed by atoms with Crippen LogP contribution in [0.2, 0.25) is 0 Å². The van der Waals surface area contributed by atoms with Gasteiger partial charge in [0, 0.05) is 25.0 Å². The fraction of sp³-hybridized carbons (Fsp3) is 0.438. The van der Waals surface area contributed by atoms with Crippen molar-refractivity contribution in [2.75, 3.05) is 0 Å². The minimum absolute atomic E-state index is 0.184. The Labute approximate surface area is 119 Å². The van der Waals surface area contributed by atoms with Crippen molar-refractivity contribution in [3.05, 3.63) is 53.9 Å². The summed E-state index contributed by atoms with van der Waals surface area (Å²) in [4.78, 5) is 4.38. The second-order valence-corrected chi connectivity index (χ2v) is 5.15. The largest absolute Gasteiger partial charge is 0.334 e. The third-order valence-electron chi connectivity index (χ3n) is 3.33. The maximum atomic E-state index is 12.8. The summed E-state index contributed by atoms with van der Waals surface area (Å²) in [5.74, 6) is 0.883.